The lowest BCUT2D eigenvalue weighted by molar-refractivity contribution is -0.119. The summed E-state index contributed by atoms with van der Waals surface area (Å²) in [4.78, 5) is 23.1. The highest BCUT2D eigenvalue weighted by molar-refractivity contribution is 7.22. The van der Waals surface area contributed by atoms with Gasteiger partial charge in [0.2, 0.25) is 5.91 Å². The van der Waals surface area contributed by atoms with E-state index in [1.807, 2.05) is 48.5 Å². The maximum atomic E-state index is 14.3. The van der Waals surface area contributed by atoms with Gasteiger partial charge >= 0.3 is 0 Å². The fourth-order valence-electron chi connectivity index (χ4n) is 4.41. The first-order chi connectivity index (χ1) is 16.6. The summed E-state index contributed by atoms with van der Waals surface area (Å²) in [6, 6.07) is 19.9. The largest absolute Gasteiger partial charge is 0.457 e. The first-order valence-corrected chi connectivity index (χ1v) is 12.4. The van der Waals surface area contributed by atoms with E-state index in [0.29, 0.717) is 28.7 Å². The van der Waals surface area contributed by atoms with Crippen LogP contribution in [-0.2, 0) is 4.79 Å². The molecular formula is C27H26FN3O2S. The number of likely N-dealkylation sites (N-methyl/N-ethyl adjacent to an activating group) is 1. The molecule has 2 heterocycles. The fraction of sp³-hybridized carbons (Fsp3) is 0.259. The monoisotopic (exact) mass is 475 g/mol. The molecule has 1 amide bonds. The normalized spacial score (nSPS) is 12.9. The van der Waals surface area contributed by atoms with Crippen molar-refractivity contribution in [3.8, 4) is 11.5 Å². The molecule has 0 spiro atoms. The van der Waals surface area contributed by atoms with E-state index in [4.69, 9.17) is 9.72 Å². The number of carbonyl (C=O) groups excluding carboxylic acids is 1. The maximum Gasteiger partial charge on any atom is 0.241 e. The predicted molar refractivity (Wildman–Crippen MR) is 135 cm³/mol. The SMILES string of the molecule is CCN(CC)CCN(C(=O)C1c2ccccc2Oc2ccccc21)c1nc2ccc(F)cc2s1. The van der Waals surface area contributed by atoms with E-state index < -0.39 is 5.92 Å². The second kappa shape index (κ2) is 9.52. The van der Waals surface area contributed by atoms with Gasteiger partial charge in [-0.1, -0.05) is 61.6 Å². The van der Waals surface area contributed by atoms with Crippen molar-refractivity contribution >= 4 is 32.6 Å². The third-order valence-electron chi connectivity index (χ3n) is 6.30. The van der Waals surface area contributed by atoms with Crippen molar-refractivity contribution in [2.45, 2.75) is 19.8 Å². The first kappa shape index (κ1) is 22.5. The number of fused-ring (bicyclic) bond motifs is 3. The minimum absolute atomic E-state index is 0.0603. The minimum Gasteiger partial charge on any atom is -0.457 e. The zero-order chi connectivity index (χ0) is 23.7. The van der Waals surface area contributed by atoms with Gasteiger partial charge in [0.05, 0.1) is 16.1 Å². The summed E-state index contributed by atoms with van der Waals surface area (Å²) < 4.78 is 20.7. The van der Waals surface area contributed by atoms with E-state index >= 15 is 0 Å². The molecule has 0 saturated carbocycles. The summed E-state index contributed by atoms with van der Waals surface area (Å²) in [6.07, 6.45) is 0. The van der Waals surface area contributed by atoms with Crippen LogP contribution in [-0.4, -0.2) is 42.0 Å². The smallest absolute Gasteiger partial charge is 0.241 e. The van der Waals surface area contributed by atoms with Crippen LogP contribution in [0.5, 0.6) is 11.5 Å². The molecule has 0 fully saturated rings. The number of carbonyl (C=O) groups is 1. The highest BCUT2D eigenvalue weighted by Gasteiger charge is 2.36. The van der Waals surface area contributed by atoms with Crippen LogP contribution >= 0.6 is 11.3 Å². The average Bonchev–Trinajstić information content (AvgIpc) is 3.27. The molecule has 0 unspecified atom stereocenters. The molecule has 1 aliphatic rings. The Morgan fingerprint density at radius 3 is 2.26 bits per heavy atom. The van der Waals surface area contributed by atoms with Gasteiger partial charge in [-0.3, -0.25) is 9.69 Å². The van der Waals surface area contributed by atoms with Gasteiger partial charge in [0.25, 0.3) is 0 Å². The average molecular weight is 476 g/mol. The molecule has 0 atom stereocenters. The third-order valence-corrected chi connectivity index (χ3v) is 7.34. The number of amides is 1. The number of halogens is 1. The highest BCUT2D eigenvalue weighted by atomic mass is 32.1. The summed E-state index contributed by atoms with van der Waals surface area (Å²) in [6.45, 7) is 7.22. The Hall–Kier alpha value is -3.29. The van der Waals surface area contributed by atoms with E-state index in [1.54, 1.807) is 11.0 Å². The van der Waals surface area contributed by atoms with E-state index in [0.717, 1.165) is 35.5 Å². The van der Waals surface area contributed by atoms with Crippen molar-refractivity contribution in [1.29, 1.82) is 0 Å². The molecule has 0 aliphatic carbocycles. The Balaban J connectivity index is 1.59. The number of hydrogen-bond donors (Lipinski definition) is 0. The molecule has 1 aliphatic heterocycles. The molecule has 7 heteroatoms. The molecule has 0 saturated heterocycles. The van der Waals surface area contributed by atoms with Crippen LogP contribution in [0.1, 0.15) is 30.9 Å². The number of nitrogens with zero attached hydrogens (tertiary/aromatic N) is 3. The van der Waals surface area contributed by atoms with Crippen molar-refractivity contribution in [3.05, 3.63) is 83.7 Å². The number of benzene rings is 3. The van der Waals surface area contributed by atoms with Gasteiger partial charge in [0.15, 0.2) is 5.13 Å². The number of hydrogen-bond acceptors (Lipinski definition) is 5. The molecule has 4 aromatic rings. The van der Waals surface area contributed by atoms with Crippen molar-refractivity contribution in [2.24, 2.45) is 0 Å². The lowest BCUT2D eigenvalue weighted by Crippen LogP contribution is -2.42. The van der Waals surface area contributed by atoms with Crippen LogP contribution in [0.4, 0.5) is 9.52 Å². The second-order valence-electron chi connectivity index (χ2n) is 8.24. The quantitative estimate of drug-likeness (QED) is 0.327. The van der Waals surface area contributed by atoms with E-state index in [-0.39, 0.29) is 11.7 Å². The summed E-state index contributed by atoms with van der Waals surface area (Å²) in [7, 11) is 0. The summed E-state index contributed by atoms with van der Waals surface area (Å²) in [5.74, 6) is 0.497. The summed E-state index contributed by atoms with van der Waals surface area (Å²) in [5.41, 5.74) is 2.37. The van der Waals surface area contributed by atoms with Crippen LogP contribution in [0.2, 0.25) is 0 Å². The maximum absolute atomic E-state index is 14.3. The van der Waals surface area contributed by atoms with Gasteiger partial charge in [-0.05, 0) is 43.4 Å². The fourth-order valence-corrected chi connectivity index (χ4v) is 5.44. The van der Waals surface area contributed by atoms with Gasteiger partial charge in [-0.25, -0.2) is 9.37 Å². The zero-order valence-electron chi connectivity index (χ0n) is 19.2. The van der Waals surface area contributed by atoms with E-state index in [2.05, 4.69) is 18.7 Å². The van der Waals surface area contributed by atoms with Crippen LogP contribution in [0.3, 0.4) is 0 Å². The molecule has 0 radical (unpaired) electrons. The first-order valence-electron chi connectivity index (χ1n) is 11.5. The van der Waals surface area contributed by atoms with Crippen molar-refractivity contribution in [1.82, 2.24) is 9.88 Å². The lowest BCUT2D eigenvalue weighted by Gasteiger charge is -2.32. The zero-order valence-corrected chi connectivity index (χ0v) is 20.0. The van der Waals surface area contributed by atoms with Crippen LogP contribution in [0.15, 0.2) is 66.7 Å². The number of anilines is 1. The molecule has 0 N–H and O–H groups in total. The molecule has 1 aromatic heterocycles. The molecule has 5 nitrogen and oxygen atoms in total. The van der Waals surface area contributed by atoms with Crippen molar-refractivity contribution in [3.63, 3.8) is 0 Å². The van der Waals surface area contributed by atoms with Gasteiger partial charge < -0.3 is 9.64 Å². The van der Waals surface area contributed by atoms with Crippen molar-refractivity contribution in [2.75, 3.05) is 31.1 Å². The van der Waals surface area contributed by atoms with Crippen molar-refractivity contribution < 1.29 is 13.9 Å². The molecule has 5 rings (SSSR count). The number of rotatable bonds is 7. The Labute approximate surface area is 202 Å². The minimum atomic E-state index is -0.512. The van der Waals surface area contributed by atoms with E-state index in [9.17, 15) is 9.18 Å². The second-order valence-corrected chi connectivity index (χ2v) is 9.25. The highest BCUT2D eigenvalue weighted by Crippen LogP contribution is 2.45. The summed E-state index contributed by atoms with van der Waals surface area (Å²) >= 11 is 1.35. The standard InChI is InChI=1S/C27H26FN3O2S/c1-3-30(4-2)15-16-31(27-29-21-14-13-18(28)17-24(21)34-27)26(32)25-19-9-5-7-11-22(19)33-23-12-8-6-10-20(23)25/h5-14,17,25H,3-4,15-16H2,1-2H3. The Bertz CT molecular complexity index is 1290. The third kappa shape index (κ3) is 4.17. The number of aromatic nitrogens is 1. The lowest BCUT2D eigenvalue weighted by atomic mass is 9.87. The van der Waals surface area contributed by atoms with Crippen LogP contribution in [0, 0.1) is 5.82 Å². The van der Waals surface area contributed by atoms with Crippen LogP contribution < -0.4 is 9.64 Å². The number of ether oxygens (including phenoxy) is 1. The van der Waals surface area contributed by atoms with Gasteiger partial charge in [-0.2, -0.15) is 0 Å². The van der Waals surface area contributed by atoms with Gasteiger partial charge in [0.1, 0.15) is 17.3 Å². The van der Waals surface area contributed by atoms with Gasteiger partial charge in [0, 0.05) is 24.2 Å². The molecule has 0 bridgehead atoms. The Kier molecular flexibility index (Phi) is 6.30. The van der Waals surface area contributed by atoms with Crippen LogP contribution in [0.25, 0.3) is 10.2 Å². The van der Waals surface area contributed by atoms with E-state index in [1.165, 1.54) is 23.5 Å². The predicted octanol–water partition coefficient (Wildman–Crippen LogP) is 6.05. The Morgan fingerprint density at radius 2 is 1.62 bits per heavy atom. The molecule has 3 aromatic carbocycles. The summed E-state index contributed by atoms with van der Waals surface area (Å²) in [5, 5.41) is 0.583. The Morgan fingerprint density at radius 1 is 0.971 bits per heavy atom. The molecular weight excluding hydrogens is 449 g/mol. The number of para-hydroxylation sites is 2. The van der Waals surface area contributed by atoms with Gasteiger partial charge in [-0.15, -0.1) is 0 Å². The molecule has 174 valence electrons. The topological polar surface area (TPSA) is 45.7 Å². The molecule has 34 heavy (non-hydrogen) atoms. The number of thiazole rings is 1.